The van der Waals surface area contributed by atoms with E-state index in [9.17, 15) is 4.79 Å². The van der Waals surface area contributed by atoms with Crippen molar-refractivity contribution in [2.45, 2.75) is 26.4 Å². The van der Waals surface area contributed by atoms with Gasteiger partial charge in [0.05, 0.1) is 0 Å². The summed E-state index contributed by atoms with van der Waals surface area (Å²) in [5.41, 5.74) is -0.558. The van der Waals surface area contributed by atoms with Crippen LogP contribution in [0, 0.1) is 0 Å². The molecular weight excluding hydrogens is 413 g/mol. The molecule has 0 unspecified atom stereocenters. The molecule has 0 aliphatic carbocycles. The summed E-state index contributed by atoms with van der Waals surface area (Å²) in [5.74, 6) is 0.432. The normalized spacial score (nSPS) is 11.1. The zero-order valence-corrected chi connectivity index (χ0v) is 15.8. The second-order valence-electron chi connectivity index (χ2n) is 5.39. The van der Waals surface area contributed by atoms with Gasteiger partial charge in [-0.05, 0) is 0 Å². The van der Waals surface area contributed by atoms with Crippen LogP contribution in [0.2, 0.25) is 0 Å². The van der Waals surface area contributed by atoms with Gasteiger partial charge in [0.15, 0.2) is 0 Å². The number of carbonyl (C=O) groups excluding carboxylic acids is 1. The van der Waals surface area contributed by atoms with Crippen LogP contribution in [0.3, 0.4) is 0 Å². The minimum atomic E-state index is -0.558. The Hall–Kier alpha value is -1.43. The first kappa shape index (κ1) is 16.9. The third kappa shape index (κ3) is 5.40. The Bertz CT molecular complexity index is 660. The molecule has 1 heterocycles. The summed E-state index contributed by atoms with van der Waals surface area (Å²) in [5, 5.41) is 2.67. The van der Waals surface area contributed by atoms with E-state index in [1.165, 1.54) is 0 Å². The molecule has 0 bridgehead atoms. The number of nitrogens with one attached hydrogen (secondary N) is 1. The Morgan fingerprint density at radius 2 is 1.95 bits per heavy atom. The van der Waals surface area contributed by atoms with Crippen LogP contribution in [0.4, 0.5) is 10.6 Å². The van der Waals surface area contributed by atoms with Crippen LogP contribution in [0.15, 0.2) is 41.1 Å². The molecule has 5 nitrogen and oxygen atoms in total. The number of halogens is 1. The van der Waals surface area contributed by atoms with Crippen molar-refractivity contribution in [1.29, 1.82) is 0 Å². The van der Waals surface area contributed by atoms with E-state index < -0.39 is 11.7 Å². The number of anilines is 1. The number of ether oxygens (including phenoxy) is 1. The standard InChI is InChI=1S/C15H16BrN3O2Se/c1-15(2,3)21-14(20)19-12-13(18-11(16)9-17-12)22-10-7-5-4-6-8-10/h4-9H,1-3H3,(H,17,19,20). The number of hydrogen-bond acceptors (Lipinski definition) is 4. The molecule has 22 heavy (non-hydrogen) atoms. The van der Waals surface area contributed by atoms with E-state index in [0.717, 1.165) is 9.05 Å². The van der Waals surface area contributed by atoms with Gasteiger partial charge in [0, 0.05) is 0 Å². The van der Waals surface area contributed by atoms with E-state index in [-0.39, 0.29) is 15.0 Å². The third-order valence-corrected chi connectivity index (χ3v) is 4.74. The molecule has 0 saturated carbocycles. The Morgan fingerprint density at radius 1 is 1.27 bits per heavy atom. The molecule has 0 saturated heterocycles. The molecule has 1 amide bonds. The van der Waals surface area contributed by atoms with Crippen molar-refractivity contribution in [3.63, 3.8) is 0 Å². The van der Waals surface area contributed by atoms with Crippen LogP contribution in [0.5, 0.6) is 0 Å². The first-order chi connectivity index (χ1) is 10.3. The van der Waals surface area contributed by atoms with E-state index in [0.29, 0.717) is 10.4 Å². The molecular formula is C15H16BrN3O2Se. The Kier molecular flexibility index (Phi) is 5.56. The van der Waals surface area contributed by atoms with E-state index in [2.05, 4.69) is 31.2 Å². The van der Waals surface area contributed by atoms with Gasteiger partial charge < -0.3 is 0 Å². The van der Waals surface area contributed by atoms with Crippen molar-refractivity contribution in [1.82, 2.24) is 9.97 Å². The number of aromatic nitrogens is 2. The molecule has 0 fully saturated rings. The van der Waals surface area contributed by atoms with Crippen LogP contribution in [-0.4, -0.2) is 36.6 Å². The summed E-state index contributed by atoms with van der Waals surface area (Å²) in [6.45, 7) is 5.44. The van der Waals surface area contributed by atoms with Crippen LogP contribution in [0.1, 0.15) is 20.8 Å². The van der Waals surface area contributed by atoms with Crippen molar-refractivity contribution in [3.05, 3.63) is 41.1 Å². The summed E-state index contributed by atoms with van der Waals surface area (Å²) in [6, 6.07) is 9.97. The molecule has 1 N–H and O–H groups in total. The van der Waals surface area contributed by atoms with Crippen LogP contribution >= 0.6 is 15.9 Å². The van der Waals surface area contributed by atoms with Gasteiger partial charge in [-0.2, -0.15) is 0 Å². The molecule has 0 aliphatic heterocycles. The molecule has 1 aromatic carbocycles. The van der Waals surface area contributed by atoms with Gasteiger partial charge in [0.25, 0.3) is 0 Å². The van der Waals surface area contributed by atoms with Gasteiger partial charge in [0.2, 0.25) is 0 Å². The fourth-order valence-corrected chi connectivity index (χ4v) is 3.86. The molecule has 7 heteroatoms. The first-order valence-electron chi connectivity index (χ1n) is 6.59. The van der Waals surface area contributed by atoms with Crippen LogP contribution in [0.25, 0.3) is 0 Å². The maximum atomic E-state index is 11.9. The maximum absolute atomic E-state index is 11.9. The van der Waals surface area contributed by atoms with Gasteiger partial charge in [-0.25, -0.2) is 0 Å². The zero-order valence-electron chi connectivity index (χ0n) is 12.5. The third-order valence-electron chi connectivity index (χ3n) is 2.29. The topological polar surface area (TPSA) is 64.1 Å². The number of nitrogens with zero attached hydrogens (tertiary/aromatic N) is 2. The van der Waals surface area contributed by atoms with E-state index in [4.69, 9.17) is 4.74 Å². The van der Waals surface area contributed by atoms with E-state index in [1.807, 2.05) is 51.1 Å². The fraction of sp³-hybridized carbons (Fsp3) is 0.267. The molecule has 2 aromatic rings. The van der Waals surface area contributed by atoms with Crippen LogP contribution in [-0.2, 0) is 4.74 Å². The Morgan fingerprint density at radius 3 is 2.59 bits per heavy atom. The van der Waals surface area contributed by atoms with Gasteiger partial charge in [-0.1, -0.05) is 0 Å². The molecule has 0 atom stereocenters. The fourth-order valence-electron chi connectivity index (χ4n) is 1.51. The summed E-state index contributed by atoms with van der Waals surface area (Å²) in [4.78, 5) is 20.6. The predicted octanol–water partition coefficient (Wildman–Crippen LogP) is 2.24. The van der Waals surface area contributed by atoms with E-state index >= 15 is 0 Å². The molecule has 1 aromatic heterocycles. The molecule has 2 rings (SSSR count). The first-order valence-corrected chi connectivity index (χ1v) is 9.09. The van der Waals surface area contributed by atoms with Crippen LogP contribution < -0.4 is 14.4 Å². The summed E-state index contributed by atoms with van der Waals surface area (Å²) < 4.78 is 7.77. The molecule has 0 aliphatic rings. The van der Waals surface area contributed by atoms with Crippen molar-refractivity contribution < 1.29 is 9.53 Å². The average Bonchev–Trinajstić information content (AvgIpc) is 2.41. The molecule has 0 radical (unpaired) electrons. The second-order valence-corrected chi connectivity index (χ2v) is 8.43. The van der Waals surface area contributed by atoms with Crippen molar-refractivity contribution >= 4 is 51.9 Å². The number of benzene rings is 1. The minimum absolute atomic E-state index is 0.0671. The number of carbonyl (C=O) groups is 1. The number of hydrogen-bond donors (Lipinski definition) is 1. The van der Waals surface area contributed by atoms with Crippen molar-refractivity contribution in [2.24, 2.45) is 0 Å². The Labute approximate surface area is 144 Å². The summed E-state index contributed by atoms with van der Waals surface area (Å²) >= 11 is 3.25. The van der Waals surface area contributed by atoms with Gasteiger partial charge in [-0.15, -0.1) is 0 Å². The SMILES string of the molecule is CC(C)(C)OC(=O)Nc1ncc(Br)nc1[Se]c1ccccc1. The molecule has 0 spiro atoms. The van der Waals surface area contributed by atoms with Gasteiger partial charge in [-0.3, -0.25) is 0 Å². The Balaban J connectivity index is 2.19. The summed E-state index contributed by atoms with van der Waals surface area (Å²) in [7, 11) is 0. The predicted molar refractivity (Wildman–Crippen MR) is 91.1 cm³/mol. The van der Waals surface area contributed by atoms with Gasteiger partial charge >= 0.3 is 144 Å². The van der Waals surface area contributed by atoms with Gasteiger partial charge in [0.1, 0.15) is 0 Å². The van der Waals surface area contributed by atoms with E-state index in [1.54, 1.807) is 6.20 Å². The average molecular weight is 429 g/mol. The zero-order chi connectivity index (χ0) is 16.2. The quantitative estimate of drug-likeness (QED) is 0.761. The second kappa shape index (κ2) is 7.22. The van der Waals surface area contributed by atoms with Crippen molar-refractivity contribution in [3.8, 4) is 0 Å². The molecule has 116 valence electrons. The number of rotatable bonds is 3. The monoisotopic (exact) mass is 429 g/mol. The number of amides is 1. The van der Waals surface area contributed by atoms with Crippen molar-refractivity contribution in [2.75, 3.05) is 5.32 Å². The summed E-state index contributed by atoms with van der Waals surface area (Å²) in [6.07, 6.45) is 1.02.